The van der Waals surface area contributed by atoms with Crippen molar-refractivity contribution in [1.29, 1.82) is 0 Å². The fourth-order valence-corrected chi connectivity index (χ4v) is 2.73. The predicted molar refractivity (Wildman–Crippen MR) is 77.5 cm³/mol. The van der Waals surface area contributed by atoms with Gasteiger partial charge in [-0.3, -0.25) is 0 Å². The molecule has 1 aliphatic rings. The van der Waals surface area contributed by atoms with Gasteiger partial charge in [0.05, 0.1) is 0 Å². The number of benzene rings is 1. The second kappa shape index (κ2) is 5.05. The van der Waals surface area contributed by atoms with E-state index in [2.05, 4.69) is 30.9 Å². The van der Waals surface area contributed by atoms with Crippen molar-refractivity contribution in [3.05, 3.63) is 29.8 Å². The smallest absolute Gasteiger partial charge is 0.106 e. The second-order valence-corrected chi connectivity index (χ2v) is 5.51. The van der Waals surface area contributed by atoms with Crippen LogP contribution in [0.1, 0.15) is 32.3 Å². The van der Waals surface area contributed by atoms with Crippen LogP contribution in [0.3, 0.4) is 0 Å². The number of thiocarbonyl (C=S) groups is 1. The van der Waals surface area contributed by atoms with Gasteiger partial charge >= 0.3 is 0 Å². The van der Waals surface area contributed by atoms with Crippen LogP contribution in [0.4, 0.5) is 5.69 Å². The molecule has 1 heterocycles. The highest BCUT2D eigenvalue weighted by atomic mass is 32.1. The lowest BCUT2D eigenvalue weighted by Crippen LogP contribution is -2.42. The first-order valence-electron chi connectivity index (χ1n) is 6.25. The summed E-state index contributed by atoms with van der Waals surface area (Å²) in [5, 5.41) is 0. The number of hydrogen-bond acceptors (Lipinski definition) is 2. The number of rotatable bonds is 2. The first kappa shape index (κ1) is 12.4. The molecule has 3 heteroatoms. The molecule has 1 aromatic rings. The normalized spacial score (nSPS) is 24.7. The lowest BCUT2D eigenvalue weighted by molar-refractivity contribution is 0.390. The number of piperidine rings is 1. The van der Waals surface area contributed by atoms with Crippen LogP contribution in [0, 0.1) is 5.92 Å². The van der Waals surface area contributed by atoms with E-state index in [0.717, 1.165) is 18.0 Å². The molecule has 2 rings (SSSR count). The summed E-state index contributed by atoms with van der Waals surface area (Å²) in [6.07, 6.45) is 2.56. The van der Waals surface area contributed by atoms with E-state index in [1.807, 2.05) is 12.1 Å². The highest BCUT2D eigenvalue weighted by Crippen LogP contribution is 2.29. The summed E-state index contributed by atoms with van der Waals surface area (Å²) < 4.78 is 0. The van der Waals surface area contributed by atoms with Crippen LogP contribution in [0.15, 0.2) is 24.3 Å². The molecule has 0 aromatic heterocycles. The molecule has 0 saturated carbocycles. The Labute approximate surface area is 109 Å². The molecular weight excluding hydrogens is 228 g/mol. The molecule has 1 aromatic carbocycles. The largest absolute Gasteiger partial charge is 0.389 e. The zero-order valence-corrected chi connectivity index (χ0v) is 11.3. The van der Waals surface area contributed by atoms with Crippen LogP contribution in [-0.2, 0) is 0 Å². The summed E-state index contributed by atoms with van der Waals surface area (Å²) in [5.74, 6) is 0.741. The molecule has 0 spiro atoms. The minimum atomic E-state index is 0.492. The fourth-order valence-electron chi connectivity index (χ4n) is 2.56. The Bertz CT molecular complexity index is 416. The van der Waals surface area contributed by atoms with Crippen molar-refractivity contribution in [2.24, 2.45) is 11.7 Å². The summed E-state index contributed by atoms with van der Waals surface area (Å²) in [7, 11) is 0. The van der Waals surface area contributed by atoms with Crippen molar-refractivity contribution in [2.75, 3.05) is 11.4 Å². The van der Waals surface area contributed by atoms with Crippen LogP contribution < -0.4 is 10.6 Å². The van der Waals surface area contributed by atoms with Gasteiger partial charge in [-0.2, -0.15) is 0 Å². The molecular formula is C14H20N2S. The molecule has 0 radical (unpaired) electrons. The molecule has 0 bridgehead atoms. The quantitative estimate of drug-likeness (QED) is 0.816. The monoisotopic (exact) mass is 248 g/mol. The Kier molecular flexibility index (Phi) is 3.67. The highest BCUT2D eigenvalue weighted by molar-refractivity contribution is 7.80. The van der Waals surface area contributed by atoms with E-state index < -0.39 is 0 Å². The number of anilines is 1. The van der Waals surface area contributed by atoms with Gasteiger partial charge in [-0.1, -0.05) is 31.3 Å². The molecule has 92 valence electrons. The Morgan fingerprint density at radius 3 is 2.71 bits per heavy atom. The molecule has 1 aliphatic heterocycles. The Morgan fingerprint density at radius 2 is 2.00 bits per heavy atom. The maximum absolute atomic E-state index is 5.81. The van der Waals surface area contributed by atoms with Crippen LogP contribution in [0.2, 0.25) is 0 Å². The zero-order valence-electron chi connectivity index (χ0n) is 10.5. The van der Waals surface area contributed by atoms with Crippen molar-refractivity contribution in [3.63, 3.8) is 0 Å². The van der Waals surface area contributed by atoms with E-state index in [0.29, 0.717) is 11.0 Å². The Hall–Kier alpha value is -1.09. The summed E-state index contributed by atoms with van der Waals surface area (Å²) in [4.78, 5) is 2.94. The van der Waals surface area contributed by atoms with Crippen LogP contribution in [0.25, 0.3) is 0 Å². The first-order valence-corrected chi connectivity index (χ1v) is 6.66. The van der Waals surface area contributed by atoms with Crippen LogP contribution in [-0.4, -0.2) is 17.6 Å². The molecule has 17 heavy (non-hydrogen) atoms. The van der Waals surface area contributed by atoms with Crippen molar-refractivity contribution < 1.29 is 0 Å². The molecule has 2 nitrogen and oxygen atoms in total. The van der Waals surface area contributed by atoms with Gasteiger partial charge < -0.3 is 10.6 Å². The van der Waals surface area contributed by atoms with Gasteiger partial charge in [0.15, 0.2) is 0 Å². The molecule has 2 unspecified atom stereocenters. The van der Waals surface area contributed by atoms with Gasteiger partial charge in [0, 0.05) is 23.8 Å². The zero-order chi connectivity index (χ0) is 12.4. The van der Waals surface area contributed by atoms with E-state index in [1.165, 1.54) is 18.5 Å². The van der Waals surface area contributed by atoms with Crippen LogP contribution in [0.5, 0.6) is 0 Å². The molecule has 2 N–H and O–H groups in total. The lowest BCUT2D eigenvalue weighted by Gasteiger charge is -2.39. The van der Waals surface area contributed by atoms with E-state index in [1.54, 1.807) is 0 Å². The molecule has 0 amide bonds. The van der Waals surface area contributed by atoms with Crippen LogP contribution >= 0.6 is 12.2 Å². The maximum atomic E-state index is 5.81. The fraction of sp³-hybridized carbons (Fsp3) is 0.500. The number of para-hydroxylation sites is 1. The second-order valence-electron chi connectivity index (χ2n) is 5.07. The molecule has 2 atom stereocenters. The average Bonchev–Trinajstić information content (AvgIpc) is 2.32. The van der Waals surface area contributed by atoms with Gasteiger partial charge in [0.2, 0.25) is 0 Å². The third-order valence-corrected chi connectivity index (χ3v) is 3.82. The van der Waals surface area contributed by atoms with Gasteiger partial charge in [-0.05, 0) is 37.8 Å². The minimum Gasteiger partial charge on any atom is -0.389 e. The topological polar surface area (TPSA) is 29.3 Å². The van der Waals surface area contributed by atoms with Crippen molar-refractivity contribution in [1.82, 2.24) is 0 Å². The van der Waals surface area contributed by atoms with E-state index in [4.69, 9.17) is 18.0 Å². The third kappa shape index (κ3) is 2.60. The standard InChI is InChI=1S/C14H20N2S/c1-10-7-8-11(2)16(9-10)13-6-4-3-5-12(13)14(15)17/h3-6,10-11H,7-9H2,1-2H3,(H2,15,17). The maximum Gasteiger partial charge on any atom is 0.106 e. The van der Waals surface area contributed by atoms with Crippen molar-refractivity contribution in [2.45, 2.75) is 32.7 Å². The number of nitrogens with two attached hydrogens (primary N) is 1. The summed E-state index contributed by atoms with van der Waals surface area (Å²) in [5.41, 5.74) is 8.00. The third-order valence-electron chi connectivity index (χ3n) is 3.60. The van der Waals surface area contributed by atoms with Gasteiger partial charge in [-0.25, -0.2) is 0 Å². The summed E-state index contributed by atoms with van der Waals surface area (Å²) in [6, 6.07) is 8.77. The van der Waals surface area contributed by atoms with Crippen molar-refractivity contribution in [3.8, 4) is 0 Å². The number of hydrogen-bond donors (Lipinski definition) is 1. The number of nitrogens with zero attached hydrogens (tertiary/aromatic N) is 1. The van der Waals surface area contributed by atoms with E-state index in [-0.39, 0.29) is 0 Å². The molecule has 1 saturated heterocycles. The van der Waals surface area contributed by atoms with Crippen molar-refractivity contribution >= 4 is 22.9 Å². The molecule has 1 fully saturated rings. The predicted octanol–water partition coefficient (Wildman–Crippen LogP) is 2.95. The minimum absolute atomic E-state index is 0.492. The Balaban J connectivity index is 2.35. The van der Waals surface area contributed by atoms with Gasteiger partial charge in [-0.15, -0.1) is 0 Å². The Morgan fingerprint density at radius 1 is 1.29 bits per heavy atom. The van der Waals surface area contributed by atoms with Gasteiger partial charge in [0.25, 0.3) is 0 Å². The highest BCUT2D eigenvalue weighted by Gasteiger charge is 2.24. The van der Waals surface area contributed by atoms with E-state index in [9.17, 15) is 0 Å². The SMILES string of the molecule is CC1CCC(C)N(c2ccccc2C(N)=S)C1. The molecule has 0 aliphatic carbocycles. The first-order chi connectivity index (χ1) is 8.09. The average molecular weight is 248 g/mol. The van der Waals surface area contributed by atoms with Gasteiger partial charge in [0.1, 0.15) is 4.99 Å². The van der Waals surface area contributed by atoms with E-state index >= 15 is 0 Å². The summed E-state index contributed by atoms with van der Waals surface area (Å²) in [6.45, 7) is 5.69. The lowest BCUT2D eigenvalue weighted by atomic mass is 9.94. The summed E-state index contributed by atoms with van der Waals surface area (Å²) >= 11 is 5.14.